The van der Waals surface area contributed by atoms with Gasteiger partial charge in [0.25, 0.3) is 0 Å². The van der Waals surface area contributed by atoms with E-state index in [-0.39, 0.29) is 30.2 Å². The van der Waals surface area contributed by atoms with E-state index in [9.17, 15) is 18.4 Å². The van der Waals surface area contributed by atoms with Crippen molar-refractivity contribution >= 4 is 23.6 Å². The molecule has 0 saturated carbocycles. The molecule has 11 nitrogen and oxygen atoms in total. The van der Waals surface area contributed by atoms with Crippen molar-refractivity contribution in [1.82, 2.24) is 24.7 Å². The lowest BCUT2D eigenvalue weighted by molar-refractivity contribution is -0.146. The van der Waals surface area contributed by atoms with Gasteiger partial charge in [0.1, 0.15) is 18.2 Å². The number of hydrogen-bond donors (Lipinski definition) is 2. The first kappa shape index (κ1) is 21.5. The van der Waals surface area contributed by atoms with Crippen LogP contribution < -0.4 is 16.8 Å². The molecule has 0 saturated heterocycles. The number of nitrogens with zero attached hydrogens (tertiary/aromatic N) is 5. The Labute approximate surface area is 183 Å². The molecule has 13 heteroatoms. The molecule has 0 unspecified atom stereocenters. The maximum atomic E-state index is 13.0. The van der Waals surface area contributed by atoms with E-state index in [0.29, 0.717) is 11.3 Å². The van der Waals surface area contributed by atoms with Crippen molar-refractivity contribution < 1.29 is 22.7 Å². The molecule has 0 aliphatic rings. The molecule has 168 valence electrons. The van der Waals surface area contributed by atoms with Crippen molar-refractivity contribution in [2.24, 2.45) is 0 Å². The average Bonchev–Trinajstić information content (AvgIpc) is 3.14. The second kappa shape index (κ2) is 9.21. The van der Waals surface area contributed by atoms with Crippen LogP contribution in [-0.2, 0) is 22.7 Å². The largest absolute Gasteiger partial charge is 0.456 e. The van der Waals surface area contributed by atoms with Crippen LogP contribution in [-0.4, -0.2) is 30.7 Å². The Hall–Kier alpha value is -4.68. The van der Waals surface area contributed by atoms with Crippen molar-refractivity contribution in [3.63, 3.8) is 0 Å². The quantitative estimate of drug-likeness (QED) is 0.396. The Bertz CT molecular complexity index is 1340. The lowest BCUT2D eigenvalue weighted by atomic mass is 10.2. The van der Waals surface area contributed by atoms with E-state index >= 15 is 0 Å². The van der Waals surface area contributed by atoms with Gasteiger partial charge in [0, 0.05) is 11.3 Å². The Morgan fingerprint density at radius 2 is 1.70 bits per heavy atom. The number of hydrogen-bond acceptors (Lipinski definition) is 10. The molecule has 33 heavy (non-hydrogen) atoms. The number of halogens is 2. The summed E-state index contributed by atoms with van der Waals surface area (Å²) in [6.07, 6.45) is 0. The summed E-state index contributed by atoms with van der Waals surface area (Å²) in [7, 11) is 0. The van der Waals surface area contributed by atoms with Gasteiger partial charge in [-0.25, -0.2) is 13.6 Å². The number of nitrogens with one attached hydrogen (secondary N) is 1. The van der Waals surface area contributed by atoms with Crippen molar-refractivity contribution in [2.45, 2.75) is 13.2 Å². The number of anilines is 3. The van der Waals surface area contributed by atoms with E-state index in [2.05, 4.69) is 25.4 Å². The van der Waals surface area contributed by atoms with Crippen LogP contribution in [0, 0.1) is 11.6 Å². The maximum absolute atomic E-state index is 13.0. The summed E-state index contributed by atoms with van der Waals surface area (Å²) in [6.45, 7) is -0.897. The second-order valence-corrected chi connectivity index (χ2v) is 6.56. The zero-order valence-electron chi connectivity index (χ0n) is 16.7. The zero-order chi connectivity index (χ0) is 23.4. The molecule has 2 heterocycles. The van der Waals surface area contributed by atoms with Gasteiger partial charge in [-0.05, 0) is 48.5 Å². The van der Waals surface area contributed by atoms with Crippen LogP contribution in [0.15, 0.2) is 57.7 Å². The average molecular weight is 455 g/mol. The number of ether oxygens (including phenoxy) is 1. The van der Waals surface area contributed by atoms with Crippen LogP contribution in [0.2, 0.25) is 0 Å². The monoisotopic (exact) mass is 455 g/mol. The molecule has 2 aromatic heterocycles. The van der Waals surface area contributed by atoms with Crippen molar-refractivity contribution in [3.8, 4) is 11.5 Å². The molecule has 0 radical (unpaired) electrons. The summed E-state index contributed by atoms with van der Waals surface area (Å²) in [5.74, 6) is -2.66. The number of benzene rings is 2. The highest BCUT2D eigenvalue weighted by molar-refractivity contribution is 5.69. The van der Waals surface area contributed by atoms with Gasteiger partial charge in [0.05, 0.1) is 0 Å². The summed E-state index contributed by atoms with van der Waals surface area (Å²) < 4.78 is 36.9. The van der Waals surface area contributed by atoms with Gasteiger partial charge < -0.3 is 20.2 Å². The summed E-state index contributed by atoms with van der Waals surface area (Å²) >= 11 is 0. The van der Waals surface area contributed by atoms with Crippen LogP contribution in [0.3, 0.4) is 0 Å². The molecular formula is C20H15F2N7O4. The molecule has 3 N–H and O–H groups in total. The molecular weight excluding hydrogens is 440 g/mol. The first-order valence-electron chi connectivity index (χ1n) is 9.38. The number of esters is 1. The normalized spacial score (nSPS) is 10.7. The predicted octanol–water partition coefficient (Wildman–Crippen LogP) is 2.04. The molecule has 4 aromatic rings. The molecule has 0 atom stereocenters. The SMILES string of the molecule is Nc1nc(COC(=O)Cn2nc(-c3ccc(F)cc3)oc2=O)nc(Nc2ccc(F)cc2)n1. The minimum Gasteiger partial charge on any atom is -0.456 e. The minimum atomic E-state index is -0.888. The summed E-state index contributed by atoms with van der Waals surface area (Å²) in [5.41, 5.74) is 6.53. The minimum absolute atomic E-state index is 0.0416. The number of carbonyl (C=O) groups excluding carboxylic acids is 1. The molecule has 0 aliphatic carbocycles. The van der Waals surface area contributed by atoms with E-state index in [1.807, 2.05) is 0 Å². The standard InChI is InChI=1S/C20H15F2N7O4/c21-12-3-1-11(2-4-12)17-28-29(20(31)33-17)9-16(30)32-10-15-25-18(23)27-19(26-15)24-14-7-5-13(22)6-8-14/h1-8H,9-10H2,(H3,23,24,25,26,27). The molecule has 0 bridgehead atoms. The second-order valence-electron chi connectivity index (χ2n) is 6.56. The first-order valence-corrected chi connectivity index (χ1v) is 9.38. The van der Waals surface area contributed by atoms with Gasteiger partial charge in [-0.15, -0.1) is 5.10 Å². The van der Waals surface area contributed by atoms with Crippen molar-refractivity contribution in [1.29, 1.82) is 0 Å². The highest BCUT2D eigenvalue weighted by Gasteiger charge is 2.15. The van der Waals surface area contributed by atoms with Gasteiger partial charge in [-0.3, -0.25) is 4.79 Å². The molecule has 4 rings (SSSR count). The Morgan fingerprint density at radius 3 is 2.39 bits per heavy atom. The predicted molar refractivity (Wildman–Crippen MR) is 110 cm³/mol. The molecule has 0 amide bonds. The molecule has 0 spiro atoms. The number of nitrogen functional groups attached to an aromatic ring is 1. The summed E-state index contributed by atoms with van der Waals surface area (Å²) in [4.78, 5) is 36.0. The number of aromatic nitrogens is 5. The topological polar surface area (TPSA) is 151 Å². The molecule has 2 aromatic carbocycles. The zero-order valence-corrected chi connectivity index (χ0v) is 16.7. The number of carbonyl (C=O) groups is 1. The first-order chi connectivity index (χ1) is 15.9. The van der Waals surface area contributed by atoms with Crippen LogP contribution >= 0.6 is 0 Å². The summed E-state index contributed by atoms with van der Waals surface area (Å²) in [5, 5.41) is 6.73. The fraction of sp³-hybridized carbons (Fsp3) is 0.100. The van der Waals surface area contributed by atoms with Gasteiger partial charge in [-0.1, -0.05) is 0 Å². The number of nitrogens with two attached hydrogens (primary N) is 1. The highest BCUT2D eigenvalue weighted by Crippen LogP contribution is 2.16. The molecule has 0 fully saturated rings. The van der Waals surface area contributed by atoms with Crippen LogP contribution in [0.25, 0.3) is 11.5 Å². The van der Waals surface area contributed by atoms with E-state index < -0.39 is 29.9 Å². The lowest BCUT2D eigenvalue weighted by Gasteiger charge is -2.08. The lowest BCUT2D eigenvalue weighted by Crippen LogP contribution is -2.23. The van der Waals surface area contributed by atoms with Gasteiger partial charge in [0.15, 0.2) is 12.4 Å². The van der Waals surface area contributed by atoms with Crippen molar-refractivity contribution in [2.75, 3.05) is 11.1 Å². The smallest absolute Gasteiger partial charge is 0.437 e. The maximum Gasteiger partial charge on any atom is 0.437 e. The fourth-order valence-electron chi connectivity index (χ4n) is 2.65. The third-order valence-corrected chi connectivity index (χ3v) is 4.14. The number of rotatable bonds is 7. The van der Waals surface area contributed by atoms with Gasteiger partial charge in [0.2, 0.25) is 17.8 Å². The van der Waals surface area contributed by atoms with Crippen LogP contribution in [0.5, 0.6) is 0 Å². The molecule has 0 aliphatic heterocycles. The van der Waals surface area contributed by atoms with Crippen LogP contribution in [0.1, 0.15) is 5.82 Å². The third kappa shape index (κ3) is 5.52. The van der Waals surface area contributed by atoms with Gasteiger partial charge >= 0.3 is 11.7 Å². The fourth-order valence-corrected chi connectivity index (χ4v) is 2.65. The van der Waals surface area contributed by atoms with E-state index in [1.54, 1.807) is 0 Å². The Morgan fingerprint density at radius 1 is 1.03 bits per heavy atom. The summed E-state index contributed by atoms with van der Waals surface area (Å²) in [6, 6.07) is 10.6. The Balaban J connectivity index is 1.39. The van der Waals surface area contributed by atoms with Crippen molar-refractivity contribution in [3.05, 3.63) is 76.5 Å². The van der Waals surface area contributed by atoms with Crippen LogP contribution in [0.4, 0.5) is 26.4 Å². The Kier molecular flexibility index (Phi) is 6.02. The highest BCUT2D eigenvalue weighted by atomic mass is 19.1. The third-order valence-electron chi connectivity index (χ3n) is 4.14. The van der Waals surface area contributed by atoms with E-state index in [1.165, 1.54) is 48.5 Å². The van der Waals surface area contributed by atoms with E-state index in [0.717, 1.165) is 4.68 Å². The van der Waals surface area contributed by atoms with E-state index in [4.69, 9.17) is 14.9 Å². The van der Waals surface area contributed by atoms with Gasteiger partial charge in [-0.2, -0.15) is 19.6 Å².